The van der Waals surface area contributed by atoms with E-state index in [4.69, 9.17) is 9.47 Å². The predicted molar refractivity (Wildman–Crippen MR) is 56.1 cm³/mol. The molecule has 3 nitrogen and oxygen atoms in total. The van der Waals surface area contributed by atoms with Crippen LogP contribution in [0.25, 0.3) is 0 Å². The summed E-state index contributed by atoms with van der Waals surface area (Å²) < 4.78 is 10.00. The zero-order valence-electron chi connectivity index (χ0n) is 9.29. The van der Waals surface area contributed by atoms with E-state index in [1.54, 1.807) is 27.7 Å². The standard InChI is InChI=1S/C11H18O3/c1-7-10(3,4)13-9(12)14-11(5,6)8-2/h7-8H,1-2H2,3-6H3. The Labute approximate surface area is 85.4 Å². The maximum absolute atomic E-state index is 11.3. The van der Waals surface area contributed by atoms with Gasteiger partial charge in [0.25, 0.3) is 0 Å². The molecule has 0 spiro atoms. The minimum atomic E-state index is -0.722. The fraction of sp³-hybridized carbons (Fsp3) is 0.545. The maximum Gasteiger partial charge on any atom is 0.509 e. The Balaban J connectivity index is 4.25. The molecule has 0 N–H and O–H groups in total. The van der Waals surface area contributed by atoms with Crippen LogP contribution in [0, 0.1) is 0 Å². The van der Waals surface area contributed by atoms with Gasteiger partial charge in [-0.25, -0.2) is 4.79 Å². The number of carbonyl (C=O) groups excluding carboxylic acids is 1. The van der Waals surface area contributed by atoms with Crippen molar-refractivity contribution >= 4 is 6.16 Å². The molecule has 0 atom stereocenters. The molecule has 0 aliphatic rings. The van der Waals surface area contributed by atoms with Crippen LogP contribution in [0.1, 0.15) is 27.7 Å². The zero-order valence-corrected chi connectivity index (χ0v) is 9.29. The molecule has 0 saturated carbocycles. The zero-order chi connectivity index (χ0) is 11.4. The van der Waals surface area contributed by atoms with Crippen molar-refractivity contribution in [1.29, 1.82) is 0 Å². The van der Waals surface area contributed by atoms with Crippen LogP contribution in [0.15, 0.2) is 25.3 Å². The third-order valence-electron chi connectivity index (χ3n) is 1.68. The molecule has 0 unspecified atom stereocenters. The van der Waals surface area contributed by atoms with Gasteiger partial charge in [0.1, 0.15) is 11.2 Å². The predicted octanol–water partition coefficient (Wildman–Crippen LogP) is 3.07. The van der Waals surface area contributed by atoms with Gasteiger partial charge in [-0.3, -0.25) is 0 Å². The van der Waals surface area contributed by atoms with Crippen LogP contribution in [0.3, 0.4) is 0 Å². The summed E-state index contributed by atoms with van der Waals surface area (Å²) in [6.45, 7) is 14.0. The molecule has 0 radical (unpaired) electrons. The fourth-order valence-corrected chi connectivity index (χ4v) is 0.534. The van der Waals surface area contributed by atoms with Crippen molar-refractivity contribution in [1.82, 2.24) is 0 Å². The normalized spacial score (nSPS) is 11.7. The highest BCUT2D eigenvalue weighted by Crippen LogP contribution is 2.16. The minimum Gasteiger partial charge on any atom is -0.424 e. The third kappa shape index (κ3) is 4.70. The molecule has 0 aromatic heterocycles. The Morgan fingerprint density at radius 2 is 1.29 bits per heavy atom. The lowest BCUT2D eigenvalue weighted by molar-refractivity contribution is -0.0286. The van der Waals surface area contributed by atoms with Crippen molar-refractivity contribution in [3.63, 3.8) is 0 Å². The second-order valence-corrected chi connectivity index (χ2v) is 4.07. The van der Waals surface area contributed by atoms with E-state index in [1.807, 2.05) is 0 Å². The Morgan fingerprint density at radius 1 is 1.00 bits per heavy atom. The van der Waals surface area contributed by atoms with E-state index in [9.17, 15) is 4.79 Å². The van der Waals surface area contributed by atoms with E-state index in [2.05, 4.69) is 13.2 Å². The topological polar surface area (TPSA) is 35.5 Å². The van der Waals surface area contributed by atoms with Crippen molar-refractivity contribution in [2.24, 2.45) is 0 Å². The summed E-state index contributed by atoms with van der Waals surface area (Å²) in [6, 6.07) is 0. The molecule has 0 rings (SSSR count). The van der Waals surface area contributed by atoms with E-state index in [0.717, 1.165) is 0 Å². The van der Waals surface area contributed by atoms with Gasteiger partial charge in [0, 0.05) is 0 Å². The van der Waals surface area contributed by atoms with E-state index >= 15 is 0 Å². The second kappa shape index (κ2) is 4.31. The first-order chi connectivity index (χ1) is 6.22. The van der Waals surface area contributed by atoms with E-state index in [0.29, 0.717) is 0 Å². The van der Waals surface area contributed by atoms with Gasteiger partial charge in [-0.1, -0.05) is 13.2 Å². The van der Waals surface area contributed by atoms with Crippen LogP contribution >= 0.6 is 0 Å². The van der Waals surface area contributed by atoms with E-state index in [1.165, 1.54) is 12.2 Å². The number of rotatable bonds is 4. The molecule has 0 bridgehead atoms. The molecule has 0 heterocycles. The van der Waals surface area contributed by atoms with Gasteiger partial charge < -0.3 is 9.47 Å². The summed E-state index contributed by atoms with van der Waals surface area (Å²) in [5.41, 5.74) is -1.43. The quantitative estimate of drug-likeness (QED) is 0.514. The minimum absolute atomic E-state index is 0.714. The second-order valence-electron chi connectivity index (χ2n) is 4.07. The molecule has 0 aromatic carbocycles. The molecule has 0 amide bonds. The molecule has 0 aromatic rings. The molecule has 0 saturated heterocycles. The van der Waals surface area contributed by atoms with Crippen molar-refractivity contribution < 1.29 is 14.3 Å². The van der Waals surface area contributed by atoms with Crippen LogP contribution in [0.5, 0.6) is 0 Å². The van der Waals surface area contributed by atoms with Crippen LogP contribution in [-0.4, -0.2) is 17.4 Å². The SMILES string of the molecule is C=CC(C)(C)OC(=O)OC(C)(C)C=C. The van der Waals surface area contributed by atoms with Crippen LogP contribution in [-0.2, 0) is 9.47 Å². The summed E-state index contributed by atoms with van der Waals surface area (Å²) in [6.07, 6.45) is 2.35. The average molecular weight is 198 g/mol. The largest absolute Gasteiger partial charge is 0.509 e. The van der Waals surface area contributed by atoms with Gasteiger partial charge >= 0.3 is 6.16 Å². The van der Waals surface area contributed by atoms with E-state index in [-0.39, 0.29) is 0 Å². The van der Waals surface area contributed by atoms with Gasteiger partial charge in [-0.05, 0) is 39.8 Å². The van der Waals surface area contributed by atoms with Crippen molar-refractivity contribution in [3.05, 3.63) is 25.3 Å². The molecule has 14 heavy (non-hydrogen) atoms. The van der Waals surface area contributed by atoms with Gasteiger partial charge in [0.2, 0.25) is 0 Å². The van der Waals surface area contributed by atoms with Crippen molar-refractivity contribution in [3.8, 4) is 0 Å². The summed E-state index contributed by atoms with van der Waals surface area (Å²) in [5, 5.41) is 0. The lowest BCUT2D eigenvalue weighted by Crippen LogP contribution is -2.31. The highest BCUT2D eigenvalue weighted by molar-refractivity contribution is 5.61. The van der Waals surface area contributed by atoms with Crippen LogP contribution in [0.4, 0.5) is 4.79 Å². The Kier molecular flexibility index (Phi) is 3.93. The maximum atomic E-state index is 11.3. The summed E-state index contributed by atoms with van der Waals surface area (Å²) >= 11 is 0. The molecular weight excluding hydrogens is 180 g/mol. The Morgan fingerprint density at radius 3 is 1.50 bits per heavy atom. The highest BCUT2D eigenvalue weighted by atomic mass is 16.7. The van der Waals surface area contributed by atoms with E-state index < -0.39 is 17.4 Å². The Hall–Kier alpha value is -1.25. The number of ether oxygens (including phenoxy) is 2. The number of carbonyl (C=O) groups is 1. The monoisotopic (exact) mass is 198 g/mol. The van der Waals surface area contributed by atoms with Crippen LogP contribution in [0.2, 0.25) is 0 Å². The number of hydrogen-bond donors (Lipinski definition) is 0. The molecule has 0 aliphatic heterocycles. The highest BCUT2D eigenvalue weighted by Gasteiger charge is 2.25. The van der Waals surface area contributed by atoms with Gasteiger partial charge in [-0.2, -0.15) is 0 Å². The molecule has 3 heteroatoms. The smallest absolute Gasteiger partial charge is 0.424 e. The van der Waals surface area contributed by atoms with Gasteiger partial charge in [0.15, 0.2) is 0 Å². The fourth-order valence-electron chi connectivity index (χ4n) is 0.534. The number of hydrogen-bond acceptors (Lipinski definition) is 3. The molecular formula is C11H18O3. The summed E-state index contributed by atoms with van der Waals surface area (Å²) in [4.78, 5) is 11.3. The first-order valence-corrected chi connectivity index (χ1v) is 4.41. The first kappa shape index (κ1) is 12.8. The summed E-state index contributed by atoms with van der Waals surface area (Å²) in [5.74, 6) is 0. The van der Waals surface area contributed by atoms with Gasteiger partial charge in [-0.15, -0.1) is 0 Å². The average Bonchev–Trinajstić information content (AvgIpc) is 2.02. The lowest BCUT2D eigenvalue weighted by atomic mass is 10.1. The van der Waals surface area contributed by atoms with Crippen molar-refractivity contribution in [2.45, 2.75) is 38.9 Å². The molecule has 0 fully saturated rings. The van der Waals surface area contributed by atoms with Crippen molar-refractivity contribution in [2.75, 3.05) is 0 Å². The Bertz CT molecular complexity index is 215. The molecule has 0 aliphatic carbocycles. The summed E-state index contributed by atoms with van der Waals surface area (Å²) in [7, 11) is 0. The third-order valence-corrected chi connectivity index (χ3v) is 1.68. The first-order valence-electron chi connectivity index (χ1n) is 4.41. The van der Waals surface area contributed by atoms with Gasteiger partial charge in [0.05, 0.1) is 0 Å². The van der Waals surface area contributed by atoms with Crippen LogP contribution < -0.4 is 0 Å². The molecule has 80 valence electrons. The lowest BCUT2D eigenvalue weighted by Gasteiger charge is -2.25.